The van der Waals surface area contributed by atoms with E-state index in [4.69, 9.17) is 9.47 Å². The van der Waals surface area contributed by atoms with Crippen molar-refractivity contribution in [3.8, 4) is 11.5 Å². The molecule has 1 N–H and O–H groups in total. The number of hydrogen-bond donors (Lipinski definition) is 1. The van der Waals surface area contributed by atoms with E-state index in [0.29, 0.717) is 49.7 Å². The van der Waals surface area contributed by atoms with E-state index in [1.165, 1.54) is 12.1 Å². The van der Waals surface area contributed by atoms with Crippen molar-refractivity contribution in [1.29, 1.82) is 0 Å². The number of hydrogen-bond acceptors (Lipinski definition) is 4. The lowest BCUT2D eigenvalue weighted by Crippen LogP contribution is -2.41. The van der Waals surface area contributed by atoms with Gasteiger partial charge in [-0.25, -0.2) is 0 Å². The molecule has 3 aromatic rings. The van der Waals surface area contributed by atoms with E-state index < -0.39 is 29.7 Å². The van der Waals surface area contributed by atoms with Crippen molar-refractivity contribution in [2.24, 2.45) is 5.92 Å². The molecule has 1 heterocycles. The molecule has 2 atom stereocenters. The highest BCUT2D eigenvalue weighted by Crippen LogP contribution is 2.42. The first-order valence-electron chi connectivity index (χ1n) is 12.3. The molecule has 3 aromatic carbocycles. The minimum atomic E-state index is -4.56. The van der Waals surface area contributed by atoms with Crippen LogP contribution in [0.3, 0.4) is 0 Å². The summed E-state index contributed by atoms with van der Waals surface area (Å²) in [4.78, 5) is 13.6. The van der Waals surface area contributed by atoms with Gasteiger partial charge in [-0.2, -0.15) is 13.2 Å². The number of likely N-dealkylation sites (tertiary alicyclic amines) is 1. The van der Waals surface area contributed by atoms with Gasteiger partial charge in [-0.3, -0.25) is 9.69 Å². The van der Waals surface area contributed by atoms with Gasteiger partial charge in [-0.15, -0.1) is 0 Å². The number of carboxylic acids is 1. The molecule has 196 valence electrons. The Labute approximate surface area is 214 Å². The van der Waals surface area contributed by atoms with Crippen LogP contribution in [0.15, 0.2) is 72.8 Å². The smallest absolute Gasteiger partial charge is 0.416 e. The Bertz CT molecular complexity index is 1200. The van der Waals surface area contributed by atoms with E-state index >= 15 is 0 Å². The largest absolute Gasteiger partial charge is 0.490 e. The van der Waals surface area contributed by atoms with Gasteiger partial charge in [-0.05, 0) is 61.2 Å². The first-order chi connectivity index (χ1) is 17.8. The fourth-order valence-corrected chi connectivity index (χ4v) is 4.84. The maximum Gasteiger partial charge on any atom is 0.416 e. The number of carbonyl (C=O) groups is 1. The average molecular weight is 514 g/mol. The maximum absolute atomic E-state index is 14.1. The minimum Gasteiger partial charge on any atom is -0.490 e. The number of nitrogens with zero attached hydrogens (tertiary/aromatic N) is 1. The molecule has 0 aliphatic carbocycles. The van der Waals surface area contributed by atoms with E-state index in [1.807, 2.05) is 42.2 Å². The number of rotatable bonds is 9. The summed E-state index contributed by atoms with van der Waals surface area (Å²) in [7, 11) is 0. The Morgan fingerprint density at radius 1 is 1.03 bits per heavy atom. The molecule has 1 aliphatic rings. The van der Waals surface area contributed by atoms with Crippen LogP contribution in [0.5, 0.6) is 11.5 Å². The third kappa shape index (κ3) is 6.43. The van der Waals surface area contributed by atoms with Crippen molar-refractivity contribution < 1.29 is 32.5 Å². The highest BCUT2D eigenvalue weighted by atomic mass is 19.4. The third-order valence-electron chi connectivity index (χ3n) is 6.55. The first-order valence-corrected chi connectivity index (χ1v) is 12.3. The van der Waals surface area contributed by atoms with Crippen LogP contribution in [0.25, 0.3) is 0 Å². The SMILES string of the molecule is CCOc1cc(C(c2ccccc2C(F)(F)F)N2CCCC(C(=O)O)C2)ccc1OCc1ccccc1. The molecule has 0 aromatic heterocycles. The minimum absolute atomic E-state index is 0.0847. The number of piperidine rings is 1. The van der Waals surface area contributed by atoms with Gasteiger partial charge in [0.2, 0.25) is 0 Å². The molecule has 8 heteroatoms. The van der Waals surface area contributed by atoms with Crippen molar-refractivity contribution in [3.05, 3.63) is 95.1 Å². The number of carboxylic acid groups (broad SMARTS) is 1. The second-order valence-corrected chi connectivity index (χ2v) is 9.07. The summed E-state index contributed by atoms with van der Waals surface area (Å²) < 4.78 is 54.0. The molecule has 1 aliphatic heterocycles. The van der Waals surface area contributed by atoms with Gasteiger partial charge in [0, 0.05) is 6.54 Å². The topological polar surface area (TPSA) is 59.0 Å². The Kier molecular flexibility index (Phi) is 8.38. The Morgan fingerprint density at radius 3 is 2.46 bits per heavy atom. The second-order valence-electron chi connectivity index (χ2n) is 9.07. The van der Waals surface area contributed by atoms with Gasteiger partial charge < -0.3 is 14.6 Å². The average Bonchev–Trinajstić information content (AvgIpc) is 2.89. The van der Waals surface area contributed by atoms with Gasteiger partial charge in [-0.1, -0.05) is 54.6 Å². The number of ether oxygens (including phenoxy) is 2. The summed E-state index contributed by atoms with van der Waals surface area (Å²) in [6.07, 6.45) is -3.48. The zero-order valence-corrected chi connectivity index (χ0v) is 20.6. The lowest BCUT2D eigenvalue weighted by Gasteiger charge is -2.38. The van der Waals surface area contributed by atoms with Crippen LogP contribution < -0.4 is 9.47 Å². The molecule has 4 rings (SSSR count). The van der Waals surface area contributed by atoms with Crippen molar-refractivity contribution in [2.75, 3.05) is 19.7 Å². The summed E-state index contributed by atoms with van der Waals surface area (Å²) >= 11 is 0. The lowest BCUT2D eigenvalue weighted by molar-refractivity contribution is -0.144. The highest BCUT2D eigenvalue weighted by molar-refractivity contribution is 5.70. The normalized spacial score (nSPS) is 17.2. The monoisotopic (exact) mass is 513 g/mol. The summed E-state index contributed by atoms with van der Waals surface area (Å²) in [5.41, 5.74) is 0.901. The summed E-state index contributed by atoms with van der Waals surface area (Å²) in [5.74, 6) is -0.669. The third-order valence-corrected chi connectivity index (χ3v) is 6.55. The number of aliphatic carboxylic acids is 1. The highest BCUT2D eigenvalue weighted by Gasteiger charge is 2.39. The van der Waals surface area contributed by atoms with Gasteiger partial charge >= 0.3 is 12.1 Å². The molecule has 5 nitrogen and oxygen atoms in total. The summed E-state index contributed by atoms with van der Waals surface area (Å²) in [5, 5.41) is 9.62. The zero-order valence-electron chi connectivity index (χ0n) is 20.6. The fourth-order valence-electron chi connectivity index (χ4n) is 4.84. The van der Waals surface area contributed by atoms with Crippen LogP contribution in [0.4, 0.5) is 13.2 Å². The van der Waals surface area contributed by atoms with E-state index in [2.05, 4.69) is 0 Å². The van der Waals surface area contributed by atoms with Gasteiger partial charge in [0.1, 0.15) is 6.61 Å². The molecule has 0 saturated carbocycles. The predicted molar refractivity (Wildman–Crippen MR) is 134 cm³/mol. The molecule has 0 bridgehead atoms. The van der Waals surface area contributed by atoms with E-state index in [0.717, 1.165) is 11.6 Å². The van der Waals surface area contributed by atoms with Crippen LogP contribution in [-0.4, -0.2) is 35.7 Å². The molecule has 2 unspecified atom stereocenters. The summed E-state index contributed by atoms with van der Waals surface area (Å²) in [6.45, 7) is 3.12. The van der Waals surface area contributed by atoms with E-state index in [-0.39, 0.29) is 12.1 Å². The van der Waals surface area contributed by atoms with Gasteiger partial charge in [0.25, 0.3) is 0 Å². The summed E-state index contributed by atoms with van der Waals surface area (Å²) in [6, 6.07) is 19.5. The number of halogens is 3. The van der Waals surface area contributed by atoms with Crippen LogP contribution in [-0.2, 0) is 17.6 Å². The Hall–Kier alpha value is -3.52. The van der Waals surface area contributed by atoms with Crippen LogP contribution in [0.1, 0.15) is 48.1 Å². The zero-order chi connectivity index (χ0) is 26.4. The number of alkyl halides is 3. The van der Waals surface area contributed by atoms with Gasteiger partial charge in [0.05, 0.1) is 24.1 Å². The molecule has 37 heavy (non-hydrogen) atoms. The molecule has 0 spiro atoms. The molecular formula is C29H30F3NO4. The van der Waals surface area contributed by atoms with Crippen molar-refractivity contribution in [2.45, 2.75) is 38.6 Å². The predicted octanol–water partition coefficient (Wildman–Crippen LogP) is 6.57. The molecule has 1 fully saturated rings. The second kappa shape index (κ2) is 11.7. The van der Waals surface area contributed by atoms with Crippen molar-refractivity contribution >= 4 is 5.97 Å². The van der Waals surface area contributed by atoms with Crippen LogP contribution in [0, 0.1) is 5.92 Å². The van der Waals surface area contributed by atoms with Crippen molar-refractivity contribution in [3.63, 3.8) is 0 Å². The molecule has 0 amide bonds. The lowest BCUT2D eigenvalue weighted by atomic mass is 9.89. The fraction of sp³-hybridized carbons (Fsp3) is 0.345. The van der Waals surface area contributed by atoms with E-state index in [1.54, 1.807) is 24.3 Å². The van der Waals surface area contributed by atoms with Crippen LogP contribution in [0.2, 0.25) is 0 Å². The number of benzene rings is 3. The molecular weight excluding hydrogens is 483 g/mol. The quantitative estimate of drug-likeness (QED) is 0.351. The van der Waals surface area contributed by atoms with Gasteiger partial charge in [0.15, 0.2) is 11.5 Å². The Balaban J connectivity index is 1.75. The first kappa shape index (κ1) is 26.5. The van der Waals surface area contributed by atoms with Crippen LogP contribution >= 0.6 is 0 Å². The Morgan fingerprint density at radius 2 is 1.76 bits per heavy atom. The van der Waals surface area contributed by atoms with Crippen molar-refractivity contribution in [1.82, 2.24) is 4.90 Å². The standard InChI is InChI=1S/C29H30F3NO4/c1-2-36-26-17-21(14-15-25(26)37-19-20-9-4-3-5-10-20)27(33-16-8-11-22(18-33)28(34)35)23-12-6-7-13-24(23)29(30,31)32/h3-7,9-10,12-15,17,22,27H,2,8,11,16,18-19H2,1H3,(H,34,35). The molecule has 1 saturated heterocycles. The van der Waals surface area contributed by atoms with E-state index in [9.17, 15) is 23.1 Å². The maximum atomic E-state index is 14.1. The molecule has 0 radical (unpaired) electrons.